The summed E-state index contributed by atoms with van der Waals surface area (Å²) in [4.78, 5) is 18.5. The molecular formula is C21H21N3O2. The van der Waals surface area contributed by atoms with Crippen molar-refractivity contribution in [2.45, 2.75) is 25.1 Å². The van der Waals surface area contributed by atoms with E-state index in [-0.39, 0.29) is 18.2 Å². The summed E-state index contributed by atoms with van der Waals surface area (Å²) >= 11 is 0. The fraction of sp³-hybridized carbons (Fsp3) is 0.286. The number of aromatic nitrogens is 1. The van der Waals surface area contributed by atoms with Crippen molar-refractivity contribution >= 4 is 22.5 Å². The molecule has 2 aliphatic heterocycles. The van der Waals surface area contributed by atoms with Gasteiger partial charge in [0.05, 0.1) is 11.7 Å². The van der Waals surface area contributed by atoms with Crippen molar-refractivity contribution in [1.29, 1.82) is 0 Å². The Bertz CT molecular complexity index is 959. The Labute approximate surface area is 152 Å². The van der Waals surface area contributed by atoms with Crippen LogP contribution < -0.4 is 5.32 Å². The van der Waals surface area contributed by atoms with Crippen molar-refractivity contribution in [3.8, 4) is 0 Å². The third kappa shape index (κ3) is 2.47. The van der Waals surface area contributed by atoms with Crippen molar-refractivity contribution in [1.82, 2.24) is 9.88 Å². The molecular weight excluding hydrogens is 326 g/mol. The van der Waals surface area contributed by atoms with Gasteiger partial charge in [-0.3, -0.25) is 4.79 Å². The van der Waals surface area contributed by atoms with Crippen LogP contribution in [0.15, 0.2) is 54.7 Å². The molecule has 0 radical (unpaired) electrons. The highest BCUT2D eigenvalue weighted by atomic mass is 16.5. The molecule has 1 aromatic heterocycles. The monoisotopic (exact) mass is 347 g/mol. The molecule has 3 aromatic rings. The first-order chi connectivity index (χ1) is 12.8. The third-order valence-electron chi connectivity index (χ3n) is 5.36. The minimum Gasteiger partial charge on any atom is -0.376 e. The summed E-state index contributed by atoms with van der Waals surface area (Å²) in [5.41, 5.74) is 3.77. The maximum Gasteiger partial charge on any atom is 0.257 e. The summed E-state index contributed by atoms with van der Waals surface area (Å²) < 4.78 is 5.82. The van der Waals surface area contributed by atoms with E-state index < -0.39 is 0 Å². The number of carbonyl (C=O) groups is 1. The lowest BCUT2D eigenvalue weighted by molar-refractivity contribution is 0.0428. The molecule has 1 saturated heterocycles. The number of fused-ring (bicyclic) bond motifs is 2. The molecule has 0 bridgehead atoms. The maximum atomic E-state index is 13.3. The number of benzene rings is 2. The second-order valence-electron chi connectivity index (χ2n) is 6.97. The van der Waals surface area contributed by atoms with Gasteiger partial charge < -0.3 is 19.9 Å². The van der Waals surface area contributed by atoms with Gasteiger partial charge in [-0.1, -0.05) is 30.3 Å². The van der Waals surface area contributed by atoms with Gasteiger partial charge in [-0.2, -0.15) is 0 Å². The molecule has 1 fully saturated rings. The van der Waals surface area contributed by atoms with Crippen LogP contribution in [0.5, 0.6) is 0 Å². The smallest absolute Gasteiger partial charge is 0.257 e. The van der Waals surface area contributed by atoms with Crippen molar-refractivity contribution in [3.05, 3.63) is 65.9 Å². The van der Waals surface area contributed by atoms with E-state index in [4.69, 9.17) is 4.74 Å². The van der Waals surface area contributed by atoms with E-state index in [1.54, 1.807) is 0 Å². The Kier molecular flexibility index (Phi) is 3.68. The van der Waals surface area contributed by atoms with Crippen LogP contribution in [-0.2, 0) is 4.74 Å². The Hall–Kier alpha value is -2.79. The zero-order chi connectivity index (χ0) is 17.5. The molecule has 2 aromatic carbocycles. The number of para-hydroxylation sites is 2. The number of nitrogens with zero attached hydrogens (tertiary/aromatic N) is 1. The summed E-state index contributed by atoms with van der Waals surface area (Å²) in [5.74, 6) is 0.0603. The number of amides is 1. The normalized spacial score (nSPS) is 22.5. The Morgan fingerprint density at radius 2 is 1.96 bits per heavy atom. The van der Waals surface area contributed by atoms with E-state index in [2.05, 4.69) is 22.4 Å². The van der Waals surface area contributed by atoms with Crippen LogP contribution in [0, 0.1) is 0 Å². The quantitative estimate of drug-likeness (QED) is 0.755. The number of anilines is 1. The first-order valence-corrected chi connectivity index (χ1v) is 9.15. The fourth-order valence-electron chi connectivity index (χ4n) is 4.05. The van der Waals surface area contributed by atoms with Crippen LogP contribution in [0.2, 0.25) is 0 Å². The van der Waals surface area contributed by atoms with Gasteiger partial charge in [-0.25, -0.2) is 0 Å². The van der Waals surface area contributed by atoms with E-state index in [1.807, 2.05) is 47.5 Å². The summed E-state index contributed by atoms with van der Waals surface area (Å²) in [6, 6.07) is 15.9. The zero-order valence-electron chi connectivity index (χ0n) is 14.4. The van der Waals surface area contributed by atoms with Crippen LogP contribution in [0.25, 0.3) is 10.9 Å². The highest BCUT2D eigenvalue weighted by Crippen LogP contribution is 2.36. The molecule has 0 spiro atoms. The average molecular weight is 347 g/mol. The predicted molar refractivity (Wildman–Crippen MR) is 101 cm³/mol. The molecule has 3 heterocycles. The maximum absolute atomic E-state index is 13.3. The number of H-pyrrole nitrogens is 1. The molecule has 2 aliphatic rings. The van der Waals surface area contributed by atoms with Crippen LogP contribution in [-0.4, -0.2) is 35.0 Å². The van der Waals surface area contributed by atoms with Crippen molar-refractivity contribution in [2.24, 2.45) is 0 Å². The topological polar surface area (TPSA) is 57.4 Å². The number of hydrogen-bond acceptors (Lipinski definition) is 3. The van der Waals surface area contributed by atoms with E-state index >= 15 is 0 Å². The standard InChI is InChI=1S/C21H21N3O2/c25-21-16-8-2-4-10-19(16)23-20(24(21)13-14-6-5-11-26-14)17-12-22-18-9-3-1-7-15(17)18/h1-4,7-10,12,14,20,22-23H,5-6,11,13H2. The van der Waals surface area contributed by atoms with Crippen molar-refractivity contribution < 1.29 is 9.53 Å². The molecule has 5 heteroatoms. The molecule has 1 amide bonds. The lowest BCUT2D eigenvalue weighted by Gasteiger charge is -2.39. The zero-order valence-corrected chi connectivity index (χ0v) is 14.4. The van der Waals surface area contributed by atoms with Crippen LogP contribution >= 0.6 is 0 Å². The molecule has 2 atom stereocenters. The molecule has 2 unspecified atom stereocenters. The van der Waals surface area contributed by atoms with Crippen molar-refractivity contribution in [2.75, 3.05) is 18.5 Å². The van der Waals surface area contributed by atoms with Gasteiger partial charge in [0.15, 0.2) is 0 Å². The second-order valence-corrected chi connectivity index (χ2v) is 6.97. The summed E-state index contributed by atoms with van der Waals surface area (Å²) in [7, 11) is 0. The number of hydrogen-bond donors (Lipinski definition) is 2. The number of carbonyl (C=O) groups excluding carboxylic acids is 1. The van der Waals surface area contributed by atoms with E-state index in [0.29, 0.717) is 6.54 Å². The largest absolute Gasteiger partial charge is 0.376 e. The summed E-state index contributed by atoms with van der Waals surface area (Å²) in [6.07, 6.45) is 3.98. The fourth-order valence-corrected chi connectivity index (χ4v) is 4.05. The van der Waals surface area contributed by atoms with Gasteiger partial charge in [0.2, 0.25) is 0 Å². The summed E-state index contributed by atoms with van der Waals surface area (Å²) in [5, 5.41) is 4.71. The molecule has 5 nitrogen and oxygen atoms in total. The molecule has 132 valence electrons. The van der Waals surface area contributed by atoms with Crippen LogP contribution in [0.4, 0.5) is 5.69 Å². The lowest BCUT2D eigenvalue weighted by Crippen LogP contribution is -2.46. The van der Waals surface area contributed by atoms with Gasteiger partial charge in [0, 0.05) is 41.5 Å². The Balaban J connectivity index is 1.59. The number of ether oxygens (including phenoxy) is 1. The van der Waals surface area contributed by atoms with E-state index in [9.17, 15) is 4.79 Å². The van der Waals surface area contributed by atoms with Crippen LogP contribution in [0.3, 0.4) is 0 Å². The highest BCUT2D eigenvalue weighted by Gasteiger charge is 2.36. The molecule has 0 aliphatic carbocycles. The van der Waals surface area contributed by atoms with Crippen molar-refractivity contribution in [3.63, 3.8) is 0 Å². The minimum absolute atomic E-state index is 0.0603. The lowest BCUT2D eigenvalue weighted by atomic mass is 10.0. The second kappa shape index (κ2) is 6.18. The first kappa shape index (κ1) is 15.5. The van der Waals surface area contributed by atoms with Gasteiger partial charge in [-0.15, -0.1) is 0 Å². The SMILES string of the molecule is O=C1c2ccccc2NC(c2c[nH]c3ccccc23)N1CC1CCCO1. The Morgan fingerprint density at radius 3 is 2.85 bits per heavy atom. The average Bonchev–Trinajstić information content (AvgIpc) is 3.34. The van der Waals surface area contributed by atoms with Gasteiger partial charge >= 0.3 is 0 Å². The number of rotatable bonds is 3. The Morgan fingerprint density at radius 1 is 1.12 bits per heavy atom. The number of nitrogens with one attached hydrogen (secondary N) is 2. The molecule has 2 N–H and O–H groups in total. The van der Waals surface area contributed by atoms with Gasteiger partial charge in [0.1, 0.15) is 6.17 Å². The van der Waals surface area contributed by atoms with E-state index in [1.165, 1.54) is 0 Å². The number of aromatic amines is 1. The molecule has 5 rings (SSSR count). The summed E-state index contributed by atoms with van der Waals surface area (Å²) in [6.45, 7) is 1.39. The third-order valence-corrected chi connectivity index (χ3v) is 5.36. The van der Waals surface area contributed by atoms with Gasteiger partial charge in [-0.05, 0) is 31.0 Å². The van der Waals surface area contributed by atoms with E-state index in [0.717, 1.165) is 47.2 Å². The van der Waals surface area contributed by atoms with Crippen LogP contribution in [0.1, 0.15) is 34.9 Å². The highest BCUT2D eigenvalue weighted by molar-refractivity contribution is 6.02. The molecule has 0 saturated carbocycles. The first-order valence-electron chi connectivity index (χ1n) is 9.15. The van der Waals surface area contributed by atoms with Gasteiger partial charge in [0.25, 0.3) is 5.91 Å². The molecule has 26 heavy (non-hydrogen) atoms. The minimum atomic E-state index is -0.210. The predicted octanol–water partition coefficient (Wildman–Crippen LogP) is 3.91.